The van der Waals surface area contributed by atoms with Gasteiger partial charge < -0.3 is 10.5 Å². The fourth-order valence-electron chi connectivity index (χ4n) is 1.14. The molecule has 0 amide bonds. The predicted octanol–water partition coefficient (Wildman–Crippen LogP) is 1.45. The SMILES string of the molecule is C=C(CCN)c1ccncc1OC. The van der Waals surface area contributed by atoms with Gasteiger partial charge in [0, 0.05) is 11.8 Å². The second-order valence-electron chi connectivity index (χ2n) is 2.72. The number of hydrogen-bond donors (Lipinski definition) is 1. The first-order chi connectivity index (χ1) is 6.29. The maximum absolute atomic E-state index is 5.44. The Bertz CT molecular complexity index is 297. The Morgan fingerprint density at radius 1 is 1.69 bits per heavy atom. The van der Waals surface area contributed by atoms with Crippen molar-refractivity contribution in [3.8, 4) is 5.75 Å². The highest BCUT2D eigenvalue weighted by molar-refractivity contribution is 5.68. The van der Waals surface area contributed by atoms with Gasteiger partial charge in [-0.15, -0.1) is 0 Å². The van der Waals surface area contributed by atoms with Gasteiger partial charge in [0.1, 0.15) is 5.75 Å². The van der Waals surface area contributed by atoms with Gasteiger partial charge in [-0.3, -0.25) is 4.98 Å². The molecule has 70 valence electrons. The van der Waals surface area contributed by atoms with Crippen molar-refractivity contribution in [1.29, 1.82) is 0 Å². The van der Waals surface area contributed by atoms with Crippen LogP contribution in [0.1, 0.15) is 12.0 Å². The van der Waals surface area contributed by atoms with Gasteiger partial charge in [-0.25, -0.2) is 0 Å². The summed E-state index contributed by atoms with van der Waals surface area (Å²) in [7, 11) is 1.62. The van der Waals surface area contributed by atoms with Crippen LogP contribution in [-0.2, 0) is 0 Å². The zero-order valence-electron chi connectivity index (χ0n) is 7.79. The number of rotatable bonds is 4. The van der Waals surface area contributed by atoms with E-state index in [1.165, 1.54) is 0 Å². The van der Waals surface area contributed by atoms with Crippen molar-refractivity contribution in [3.05, 3.63) is 30.6 Å². The number of nitrogens with zero attached hydrogens (tertiary/aromatic N) is 1. The molecule has 3 nitrogen and oxygen atoms in total. The average molecular weight is 178 g/mol. The Balaban J connectivity index is 2.92. The summed E-state index contributed by atoms with van der Waals surface area (Å²) in [5, 5.41) is 0. The fourth-order valence-corrected chi connectivity index (χ4v) is 1.14. The van der Waals surface area contributed by atoms with E-state index in [1.54, 1.807) is 19.5 Å². The van der Waals surface area contributed by atoms with E-state index in [9.17, 15) is 0 Å². The van der Waals surface area contributed by atoms with E-state index in [1.807, 2.05) is 6.07 Å². The lowest BCUT2D eigenvalue weighted by Gasteiger charge is -2.08. The van der Waals surface area contributed by atoms with Crippen molar-refractivity contribution in [2.75, 3.05) is 13.7 Å². The van der Waals surface area contributed by atoms with Crippen LogP contribution < -0.4 is 10.5 Å². The molecule has 1 rings (SSSR count). The van der Waals surface area contributed by atoms with E-state index < -0.39 is 0 Å². The number of nitrogens with two attached hydrogens (primary N) is 1. The molecule has 0 spiro atoms. The van der Waals surface area contributed by atoms with Crippen LogP contribution in [-0.4, -0.2) is 18.6 Å². The van der Waals surface area contributed by atoms with E-state index in [2.05, 4.69) is 11.6 Å². The molecule has 0 aliphatic rings. The van der Waals surface area contributed by atoms with Crippen LogP contribution in [0.4, 0.5) is 0 Å². The van der Waals surface area contributed by atoms with Gasteiger partial charge in [0.2, 0.25) is 0 Å². The minimum Gasteiger partial charge on any atom is -0.495 e. The van der Waals surface area contributed by atoms with E-state index in [-0.39, 0.29) is 0 Å². The summed E-state index contributed by atoms with van der Waals surface area (Å²) < 4.78 is 5.15. The van der Waals surface area contributed by atoms with Gasteiger partial charge >= 0.3 is 0 Å². The average Bonchev–Trinajstić information content (AvgIpc) is 2.18. The van der Waals surface area contributed by atoms with Gasteiger partial charge in [-0.2, -0.15) is 0 Å². The van der Waals surface area contributed by atoms with Crippen LogP contribution in [0.25, 0.3) is 5.57 Å². The summed E-state index contributed by atoms with van der Waals surface area (Å²) in [6.45, 7) is 4.54. The van der Waals surface area contributed by atoms with Gasteiger partial charge in [0.05, 0.1) is 13.3 Å². The van der Waals surface area contributed by atoms with E-state index >= 15 is 0 Å². The number of aromatic nitrogens is 1. The molecule has 1 aromatic heterocycles. The topological polar surface area (TPSA) is 48.1 Å². The third-order valence-electron chi connectivity index (χ3n) is 1.83. The maximum atomic E-state index is 5.44. The molecule has 0 aromatic carbocycles. The molecule has 0 saturated carbocycles. The molecule has 0 aliphatic carbocycles. The molecule has 3 heteroatoms. The van der Waals surface area contributed by atoms with Gasteiger partial charge in [-0.05, 0) is 24.6 Å². The second kappa shape index (κ2) is 4.62. The van der Waals surface area contributed by atoms with Crippen molar-refractivity contribution in [3.63, 3.8) is 0 Å². The highest BCUT2D eigenvalue weighted by atomic mass is 16.5. The third-order valence-corrected chi connectivity index (χ3v) is 1.83. The van der Waals surface area contributed by atoms with Gasteiger partial charge in [0.15, 0.2) is 0 Å². The van der Waals surface area contributed by atoms with Crippen molar-refractivity contribution in [1.82, 2.24) is 4.98 Å². The molecule has 0 atom stereocenters. The molecule has 1 heterocycles. The van der Waals surface area contributed by atoms with Crippen LogP contribution >= 0.6 is 0 Å². The Kier molecular flexibility index (Phi) is 3.46. The number of pyridine rings is 1. The lowest BCUT2D eigenvalue weighted by atomic mass is 10.1. The molecule has 2 N–H and O–H groups in total. The normalized spacial score (nSPS) is 9.69. The first-order valence-electron chi connectivity index (χ1n) is 4.15. The largest absolute Gasteiger partial charge is 0.495 e. The van der Waals surface area contributed by atoms with Crippen LogP contribution in [0, 0.1) is 0 Å². The minimum atomic E-state index is 0.601. The summed E-state index contributed by atoms with van der Waals surface area (Å²) in [5.74, 6) is 0.751. The lowest BCUT2D eigenvalue weighted by molar-refractivity contribution is 0.411. The molecular weight excluding hydrogens is 164 g/mol. The Morgan fingerprint density at radius 2 is 2.46 bits per heavy atom. The minimum absolute atomic E-state index is 0.601. The van der Waals surface area contributed by atoms with Crippen molar-refractivity contribution in [2.24, 2.45) is 5.73 Å². The maximum Gasteiger partial charge on any atom is 0.144 e. The van der Waals surface area contributed by atoms with Crippen molar-refractivity contribution < 1.29 is 4.74 Å². The quantitative estimate of drug-likeness (QED) is 0.759. The molecule has 0 radical (unpaired) electrons. The smallest absolute Gasteiger partial charge is 0.144 e. The summed E-state index contributed by atoms with van der Waals surface area (Å²) in [4.78, 5) is 3.96. The van der Waals surface area contributed by atoms with Crippen LogP contribution in [0.5, 0.6) is 5.75 Å². The summed E-state index contributed by atoms with van der Waals surface area (Å²) >= 11 is 0. The van der Waals surface area contributed by atoms with Gasteiger partial charge in [-0.1, -0.05) is 6.58 Å². The van der Waals surface area contributed by atoms with E-state index in [0.29, 0.717) is 6.54 Å². The molecule has 0 aliphatic heterocycles. The van der Waals surface area contributed by atoms with E-state index in [4.69, 9.17) is 10.5 Å². The third kappa shape index (κ3) is 2.29. The highest BCUT2D eigenvalue weighted by Gasteiger charge is 2.04. The summed E-state index contributed by atoms with van der Waals surface area (Å²) in [6, 6.07) is 1.89. The number of methoxy groups -OCH3 is 1. The van der Waals surface area contributed by atoms with Crippen molar-refractivity contribution >= 4 is 5.57 Å². The number of ether oxygens (including phenoxy) is 1. The standard InChI is InChI=1S/C10H14N2O/c1-8(3-5-11)9-4-6-12-7-10(9)13-2/h4,6-7H,1,3,5,11H2,2H3. The molecule has 0 fully saturated rings. The zero-order chi connectivity index (χ0) is 9.68. The lowest BCUT2D eigenvalue weighted by Crippen LogP contribution is -2.00. The Hall–Kier alpha value is -1.35. The molecule has 0 bridgehead atoms. The summed E-state index contributed by atoms with van der Waals surface area (Å²) in [6.07, 6.45) is 4.18. The highest BCUT2D eigenvalue weighted by Crippen LogP contribution is 2.24. The Labute approximate surface area is 78.2 Å². The molecule has 13 heavy (non-hydrogen) atoms. The van der Waals surface area contributed by atoms with Crippen LogP contribution in [0.2, 0.25) is 0 Å². The number of hydrogen-bond acceptors (Lipinski definition) is 3. The Morgan fingerprint density at radius 3 is 3.08 bits per heavy atom. The van der Waals surface area contributed by atoms with Gasteiger partial charge in [0.25, 0.3) is 0 Å². The monoisotopic (exact) mass is 178 g/mol. The zero-order valence-corrected chi connectivity index (χ0v) is 7.79. The summed E-state index contributed by atoms with van der Waals surface area (Å²) in [5.41, 5.74) is 7.42. The van der Waals surface area contributed by atoms with E-state index in [0.717, 1.165) is 23.3 Å². The first kappa shape index (κ1) is 9.74. The fraction of sp³-hybridized carbons (Fsp3) is 0.300. The first-order valence-corrected chi connectivity index (χ1v) is 4.15. The van der Waals surface area contributed by atoms with Crippen LogP contribution in [0.15, 0.2) is 25.0 Å². The second-order valence-corrected chi connectivity index (χ2v) is 2.72. The van der Waals surface area contributed by atoms with Crippen LogP contribution in [0.3, 0.4) is 0 Å². The molecule has 0 saturated heterocycles. The predicted molar refractivity (Wildman–Crippen MR) is 53.5 cm³/mol. The molecule has 1 aromatic rings. The molecule has 0 unspecified atom stereocenters. The molecular formula is C10H14N2O. The van der Waals surface area contributed by atoms with Crippen molar-refractivity contribution in [2.45, 2.75) is 6.42 Å².